The summed E-state index contributed by atoms with van der Waals surface area (Å²) in [6.45, 7) is 11.0. The first kappa shape index (κ1) is 48.8. The number of rotatable bonds is 11. The fraction of sp³-hybridized carbons (Fsp3) is 0.860. The number of carbonyl (C=O) groups is 2. The van der Waals surface area contributed by atoms with Crippen LogP contribution in [0.4, 0.5) is 0 Å². The van der Waals surface area contributed by atoms with Gasteiger partial charge in [-0.1, -0.05) is 31.2 Å². The Kier molecular flexibility index (Phi) is 18.8. The molecule has 3 N–H and O–H groups in total. The Hall–Kier alpha value is -1.86. The van der Waals surface area contributed by atoms with E-state index in [9.17, 15) is 24.9 Å². The first-order valence-corrected chi connectivity index (χ1v) is 21.2. The number of cyclic esters (lactones) is 1. The van der Waals surface area contributed by atoms with Crippen molar-refractivity contribution in [2.24, 2.45) is 11.8 Å². The fourth-order valence-electron chi connectivity index (χ4n) is 9.04. The van der Waals surface area contributed by atoms with Gasteiger partial charge in [0.2, 0.25) is 0 Å². The Morgan fingerprint density at radius 2 is 1.59 bits per heavy atom. The number of nitrogens with zero attached hydrogens (tertiary/aromatic N) is 2. The largest absolute Gasteiger partial charge is 0.462 e. The van der Waals surface area contributed by atoms with Crippen molar-refractivity contribution < 1.29 is 62.8 Å². The lowest BCUT2D eigenvalue weighted by Gasteiger charge is -2.50. The highest BCUT2D eigenvalue weighted by molar-refractivity contribution is 5.69. The van der Waals surface area contributed by atoms with E-state index in [-0.39, 0.29) is 61.9 Å². The maximum absolute atomic E-state index is 13.0. The Morgan fingerprint density at radius 3 is 2.21 bits per heavy atom. The molecule has 15 heteroatoms. The molecule has 0 aliphatic carbocycles. The molecule has 0 radical (unpaired) electrons. The van der Waals surface area contributed by atoms with Gasteiger partial charge in [-0.2, -0.15) is 0 Å². The summed E-state index contributed by atoms with van der Waals surface area (Å²) >= 11 is 0. The Labute approximate surface area is 346 Å². The molecule has 0 saturated carbocycles. The van der Waals surface area contributed by atoms with E-state index >= 15 is 0 Å². The first-order valence-electron chi connectivity index (χ1n) is 21.2. The molecule has 0 aromatic rings. The van der Waals surface area contributed by atoms with Crippen LogP contribution < -0.4 is 0 Å². The van der Waals surface area contributed by atoms with Crippen molar-refractivity contribution in [1.29, 1.82) is 0 Å². The summed E-state index contributed by atoms with van der Waals surface area (Å²) in [5.74, 6) is -0.946. The van der Waals surface area contributed by atoms with Crippen LogP contribution in [0.25, 0.3) is 0 Å². The number of carbonyl (C=O) groups excluding carboxylic acids is 2. The summed E-state index contributed by atoms with van der Waals surface area (Å²) in [5, 5.41) is 33.4. The van der Waals surface area contributed by atoms with Gasteiger partial charge in [0.1, 0.15) is 30.7 Å². The number of methoxy groups -OCH3 is 1. The molecule has 0 bridgehead atoms. The van der Waals surface area contributed by atoms with Crippen LogP contribution in [0.15, 0.2) is 24.3 Å². The molecule has 0 aromatic carbocycles. The van der Waals surface area contributed by atoms with Crippen LogP contribution in [-0.4, -0.2) is 170 Å². The van der Waals surface area contributed by atoms with Gasteiger partial charge in [-0.25, -0.2) is 0 Å². The molecule has 4 heterocycles. The number of likely N-dealkylation sites (N-methyl/N-ethyl adjacent to an activating group) is 2. The highest BCUT2D eigenvalue weighted by Gasteiger charge is 2.51. The first-order chi connectivity index (χ1) is 27.4. The lowest BCUT2D eigenvalue weighted by molar-refractivity contribution is -0.342. The van der Waals surface area contributed by atoms with Gasteiger partial charge in [-0.15, -0.1) is 0 Å². The molecule has 0 spiro atoms. The minimum Gasteiger partial charge on any atom is -0.462 e. The van der Waals surface area contributed by atoms with Crippen molar-refractivity contribution in [3.05, 3.63) is 24.3 Å². The number of allylic oxidation sites excluding steroid dienone is 2. The summed E-state index contributed by atoms with van der Waals surface area (Å²) in [6.07, 6.45) is 2.68. The Bertz CT molecular complexity index is 1330. The lowest BCUT2D eigenvalue weighted by atomic mass is 9.83. The number of aliphatic hydroxyl groups excluding tert-OH is 2. The highest BCUT2D eigenvalue weighted by atomic mass is 16.7. The van der Waals surface area contributed by atoms with Gasteiger partial charge in [-0.3, -0.25) is 4.79 Å². The van der Waals surface area contributed by atoms with E-state index in [1.807, 2.05) is 57.1 Å². The maximum Gasteiger partial charge on any atom is 0.306 e. The maximum atomic E-state index is 13.0. The molecule has 4 aliphatic heterocycles. The molecule has 15 nitrogen and oxygen atoms in total. The molecule has 18 atom stereocenters. The molecule has 3 saturated heterocycles. The van der Waals surface area contributed by atoms with Gasteiger partial charge < -0.3 is 67.8 Å². The van der Waals surface area contributed by atoms with Gasteiger partial charge >= 0.3 is 5.97 Å². The standard InChI is InChI=1S/C43H74N2O13/c1-25-23-30(21-22-46)40(58-42-38(48)37(45(9)10)39(28(4)55-42)57-36-24-43(6,50)41(49)29(5)54-36)33(51-11)18-19-34(47)52-26(2)15-13-12-14-16-32(25)56-35-20-17-31(44(7)8)27(3)53-35/h12-14,16,22,25-33,35-42,48-50H,15,17-21,23-24H2,1-11H3/b13-12+,16-14+/t25-,26-,27-,28-,29+,30+,31+,32+,33+,35+,36+,37-,38-,39+,40-,41+,42-,43-/m1/s1. The number of ether oxygens (including phenoxy) is 8. The third kappa shape index (κ3) is 13.1. The van der Waals surface area contributed by atoms with E-state index in [0.717, 1.165) is 19.1 Å². The van der Waals surface area contributed by atoms with Gasteiger partial charge in [0, 0.05) is 38.8 Å². The molecule has 4 aliphatic rings. The van der Waals surface area contributed by atoms with Crippen LogP contribution in [0.5, 0.6) is 0 Å². The zero-order chi connectivity index (χ0) is 42.9. The van der Waals surface area contributed by atoms with Gasteiger partial charge in [-0.05, 0) is 100 Å². The average molecular weight is 827 g/mol. The zero-order valence-electron chi connectivity index (χ0n) is 36.7. The number of aldehydes is 1. The van der Waals surface area contributed by atoms with Crippen LogP contribution >= 0.6 is 0 Å². The second kappa shape index (κ2) is 22.3. The molecule has 0 aromatic heterocycles. The van der Waals surface area contributed by atoms with Crippen molar-refractivity contribution in [3.63, 3.8) is 0 Å². The van der Waals surface area contributed by atoms with Crippen LogP contribution in [0.1, 0.15) is 92.9 Å². The van der Waals surface area contributed by atoms with Gasteiger partial charge in [0.15, 0.2) is 18.9 Å². The number of hydrogen-bond acceptors (Lipinski definition) is 15. The number of aliphatic hydroxyl groups is 3. The highest BCUT2D eigenvalue weighted by Crippen LogP contribution is 2.37. The van der Waals surface area contributed by atoms with E-state index in [0.29, 0.717) is 12.8 Å². The van der Waals surface area contributed by atoms with Gasteiger partial charge in [0.05, 0.1) is 48.3 Å². The van der Waals surface area contributed by atoms with Crippen LogP contribution in [-0.2, 0) is 47.5 Å². The number of esters is 1. The van der Waals surface area contributed by atoms with E-state index in [4.69, 9.17) is 37.9 Å². The Morgan fingerprint density at radius 1 is 0.879 bits per heavy atom. The van der Waals surface area contributed by atoms with E-state index < -0.39 is 79.2 Å². The Balaban J connectivity index is 1.63. The average Bonchev–Trinajstić information content (AvgIpc) is 3.13. The van der Waals surface area contributed by atoms with Crippen LogP contribution in [0.2, 0.25) is 0 Å². The summed E-state index contributed by atoms with van der Waals surface area (Å²) in [4.78, 5) is 29.5. The van der Waals surface area contributed by atoms with Crippen molar-refractivity contribution in [3.8, 4) is 0 Å². The molecule has 334 valence electrons. The van der Waals surface area contributed by atoms with Crippen LogP contribution in [0, 0.1) is 11.8 Å². The molecule has 0 unspecified atom stereocenters. The minimum absolute atomic E-state index is 0.0148. The molecule has 3 fully saturated rings. The fourth-order valence-corrected chi connectivity index (χ4v) is 9.04. The SMILES string of the molecule is CO[C@H]1CCC(=O)O[C@H](C)C/C=C/C=C/[C@H](O[C@H]2CC[C@H](N(C)C)[C@@H](C)O2)[C@H](C)C[C@H](CC=O)[C@H]1O[C@H]1O[C@H](C)[C@H](O[C@H]2C[C@@](C)(O)[C@@H](O)[C@H](C)O2)[C@H](N(C)C)[C@H]1O. The normalized spacial score (nSPS) is 45.1. The van der Waals surface area contributed by atoms with E-state index in [1.165, 1.54) is 0 Å². The molecular weight excluding hydrogens is 752 g/mol. The molecule has 4 rings (SSSR count). The van der Waals surface area contributed by atoms with E-state index in [1.54, 1.807) is 21.0 Å². The third-order valence-corrected chi connectivity index (χ3v) is 12.3. The lowest BCUT2D eigenvalue weighted by Crippen LogP contribution is -2.65. The van der Waals surface area contributed by atoms with Crippen molar-refractivity contribution in [1.82, 2.24) is 9.80 Å². The second-order valence-electron chi connectivity index (χ2n) is 17.6. The third-order valence-electron chi connectivity index (χ3n) is 12.3. The zero-order valence-corrected chi connectivity index (χ0v) is 36.7. The summed E-state index contributed by atoms with van der Waals surface area (Å²) < 4.78 is 50.4. The van der Waals surface area contributed by atoms with Crippen molar-refractivity contribution in [2.75, 3.05) is 35.3 Å². The number of hydrogen-bond donors (Lipinski definition) is 3. The van der Waals surface area contributed by atoms with Crippen molar-refractivity contribution in [2.45, 2.75) is 191 Å². The second-order valence-corrected chi connectivity index (χ2v) is 17.6. The quantitative estimate of drug-likeness (QED) is 0.204. The van der Waals surface area contributed by atoms with Crippen LogP contribution in [0.3, 0.4) is 0 Å². The minimum atomic E-state index is -1.44. The predicted octanol–water partition coefficient (Wildman–Crippen LogP) is 3.35. The van der Waals surface area contributed by atoms with Crippen molar-refractivity contribution >= 4 is 12.3 Å². The van der Waals surface area contributed by atoms with E-state index in [2.05, 4.69) is 32.8 Å². The topological polar surface area (TPSA) is 175 Å². The molecule has 0 amide bonds. The summed E-state index contributed by atoms with van der Waals surface area (Å²) in [7, 11) is 9.29. The summed E-state index contributed by atoms with van der Waals surface area (Å²) in [5.41, 5.74) is -1.44. The molecule has 58 heavy (non-hydrogen) atoms. The molecular formula is C43H74N2O13. The summed E-state index contributed by atoms with van der Waals surface area (Å²) in [6, 6.07) is -0.370. The predicted molar refractivity (Wildman–Crippen MR) is 215 cm³/mol. The smallest absolute Gasteiger partial charge is 0.306 e. The van der Waals surface area contributed by atoms with Gasteiger partial charge in [0.25, 0.3) is 0 Å². The monoisotopic (exact) mass is 827 g/mol.